The Bertz CT molecular complexity index is 1060. The average molecular weight is 545 g/mol. The number of aryl methyl sites for hydroxylation is 1. The first-order valence-corrected chi connectivity index (χ1v) is 14.1. The molecule has 0 radical (unpaired) electrons. The normalized spacial score (nSPS) is 15.3. The third kappa shape index (κ3) is 10.0. The van der Waals surface area contributed by atoms with Crippen molar-refractivity contribution < 1.29 is 19.0 Å². The zero-order chi connectivity index (χ0) is 28.2. The van der Waals surface area contributed by atoms with E-state index in [2.05, 4.69) is 39.1 Å². The van der Waals surface area contributed by atoms with E-state index >= 15 is 4.39 Å². The van der Waals surface area contributed by atoms with Crippen LogP contribution < -0.4 is 11.1 Å². The number of piperazine rings is 1. The Morgan fingerprint density at radius 3 is 2.67 bits per heavy atom. The van der Waals surface area contributed by atoms with Crippen LogP contribution in [0.5, 0.6) is 0 Å². The second kappa shape index (κ2) is 15.7. The summed E-state index contributed by atoms with van der Waals surface area (Å²) in [5.74, 6) is -0.0322. The van der Waals surface area contributed by atoms with Crippen molar-refractivity contribution in [3.05, 3.63) is 46.4 Å². The second-order valence-electron chi connectivity index (χ2n) is 10.5. The van der Waals surface area contributed by atoms with Crippen molar-refractivity contribution in [2.75, 3.05) is 64.0 Å². The van der Waals surface area contributed by atoms with Crippen LogP contribution in [0.1, 0.15) is 61.4 Å². The van der Waals surface area contributed by atoms with Crippen LogP contribution in [-0.2, 0) is 22.4 Å². The van der Waals surface area contributed by atoms with Gasteiger partial charge in [0.25, 0.3) is 0 Å². The van der Waals surface area contributed by atoms with Crippen LogP contribution in [0.25, 0.3) is 0 Å². The van der Waals surface area contributed by atoms with Gasteiger partial charge in [0, 0.05) is 56.5 Å². The highest BCUT2D eigenvalue weighted by atomic mass is 19.1. The van der Waals surface area contributed by atoms with Gasteiger partial charge in [0.2, 0.25) is 5.95 Å². The highest BCUT2D eigenvalue weighted by molar-refractivity contribution is 5.72. The summed E-state index contributed by atoms with van der Waals surface area (Å²) in [6.07, 6.45) is 4.50. The monoisotopic (exact) mass is 544 g/mol. The number of anilines is 2. The number of hydrogen-bond acceptors (Lipinski definition) is 9. The molecule has 2 heterocycles. The first kappa shape index (κ1) is 30.7. The van der Waals surface area contributed by atoms with Crippen LogP contribution in [0.2, 0.25) is 0 Å². The number of carbonyl (C=O) groups is 1. The molecule has 0 spiro atoms. The largest absolute Gasteiger partial charge is 0.465 e. The molecule has 10 heteroatoms. The molecule has 39 heavy (non-hydrogen) atoms. The fourth-order valence-corrected chi connectivity index (χ4v) is 4.88. The van der Waals surface area contributed by atoms with E-state index in [0.717, 1.165) is 64.0 Å². The lowest BCUT2D eigenvalue weighted by Gasteiger charge is -2.32. The number of nitrogen functional groups attached to an aromatic ring is 1. The molecule has 1 aliphatic heterocycles. The van der Waals surface area contributed by atoms with Crippen LogP contribution in [0, 0.1) is 12.7 Å². The number of likely N-dealkylation sites (N-methyl/N-ethyl adjacent to an activating group) is 1. The zero-order valence-electron chi connectivity index (χ0n) is 23.7. The van der Waals surface area contributed by atoms with Crippen LogP contribution in [-0.4, -0.2) is 89.9 Å². The number of nitrogens with two attached hydrogens (primary N) is 1. The van der Waals surface area contributed by atoms with Gasteiger partial charge in [-0.05, 0) is 63.4 Å². The number of aliphatic hydroxyl groups excluding tert-OH is 1. The summed E-state index contributed by atoms with van der Waals surface area (Å²) >= 11 is 0. The Morgan fingerprint density at radius 2 is 1.97 bits per heavy atom. The number of nitrogens with zero attached hydrogens (tertiary/aromatic N) is 4. The molecule has 3 rings (SSSR count). The van der Waals surface area contributed by atoms with Crippen LogP contribution in [0.3, 0.4) is 0 Å². The quantitative estimate of drug-likeness (QED) is 0.230. The molecule has 0 aliphatic carbocycles. The number of rotatable bonds is 15. The van der Waals surface area contributed by atoms with Crippen molar-refractivity contribution in [2.24, 2.45) is 0 Å². The van der Waals surface area contributed by atoms with Gasteiger partial charge >= 0.3 is 5.97 Å². The molecule has 1 saturated heterocycles. The van der Waals surface area contributed by atoms with Gasteiger partial charge in [-0.1, -0.05) is 25.5 Å². The van der Waals surface area contributed by atoms with E-state index in [-0.39, 0.29) is 37.4 Å². The molecule has 1 unspecified atom stereocenters. The van der Waals surface area contributed by atoms with Crippen LogP contribution in [0.15, 0.2) is 18.2 Å². The third-order valence-electron chi connectivity index (χ3n) is 7.25. The lowest BCUT2D eigenvalue weighted by molar-refractivity contribution is -0.142. The molecule has 4 N–H and O–H groups in total. The van der Waals surface area contributed by atoms with Crippen molar-refractivity contribution in [1.29, 1.82) is 0 Å². The third-order valence-corrected chi connectivity index (χ3v) is 7.25. The van der Waals surface area contributed by atoms with Gasteiger partial charge in [0.1, 0.15) is 11.6 Å². The van der Waals surface area contributed by atoms with Crippen molar-refractivity contribution in [3.63, 3.8) is 0 Å². The predicted molar refractivity (Wildman–Crippen MR) is 152 cm³/mol. The number of halogens is 1. The van der Waals surface area contributed by atoms with Crippen molar-refractivity contribution >= 4 is 17.7 Å². The maximum atomic E-state index is 15.1. The maximum absolute atomic E-state index is 15.1. The Kier molecular flexibility index (Phi) is 12.4. The lowest BCUT2D eigenvalue weighted by Crippen LogP contribution is -2.44. The fourth-order valence-electron chi connectivity index (χ4n) is 4.88. The summed E-state index contributed by atoms with van der Waals surface area (Å²) in [4.78, 5) is 25.7. The number of unbranched alkanes of at least 4 members (excludes halogenated alkanes) is 1. The van der Waals surface area contributed by atoms with E-state index in [1.165, 1.54) is 6.07 Å². The Balaban J connectivity index is 1.53. The van der Waals surface area contributed by atoms with E-state index in [4.69, 9.17) is 10.5 Å². The molecule has 1 aliphatic rings. The van der Waals surface area contributed by atoms with Gasteiger partial charge in [0.15, 0.2) is 0 Å². The number of hydrogen-bond donors (Lipinski definition) is 3. The minimum atomic E-state index is -0.393. The number of esters is 1. The molecule has 216 valence electrons. The number of aliphatic hydroxyl groups is 1. The van der Waals surface area contributed by atoms with Gasteiger partial charge < -0.3 is 30.7 Å². The number of benzene rings is 1. The van der Waals surface area contributed by atoms with E-state index in [1.54, 1.807) is 12.1 Å². The van der Waals surface area contributed by atoms with E-state index < -0.39 is 5.82 Å². The molecular weight excluding hydrogens is 499 g/mol. The van der Waals surface area contributed by atoms with Crippen molar-refractivity contribution in [3.8, 4) is 0 Å². The first-order valence-electron chi connectivity index (χ1n) is 14.1. The van der Waals surface area contributed by atoms with Crippen molar-refractivity contribution in [1.82, 2.24) is 19.8 Å². The highest BCUT2D eigenvalue weighted by Crippen LogP contribution is 2.25. The minimum absolute atomic E-state index is 0.0254. The zero-order valence-corrected chi connectivity index (χ0v) is 23.7. The standard InChI is InChI=1S/C29H45FN6O3/c1-4-7-24(10-16-37)33-28-25(21(2)32-29(31)34-28)20-23-9-8-22(18-26(23)30)19-27(38)39-17-6-5-11-36-14-12-35(3)13-15-36/h8-9,18,24,37H,4-7,10-17,19-20H2,1-3H3,(H3,31,32,33,34). The summed E-state index contributed by atoms with van der Waals surface area (Å²) in [7, 11) is 2.14. The van der Waals surface area contributed by atoms with Gasteiger partial charge in [-0.2, -0.15) is 4.98 Å². The van der Waals surface area contributed by atoms with Gasteiger partial charge in [-0.3, -0.25) is 4.79 Å². The SMILES string of the molecule is CCCC(CCO)Nc1nc(N)nc(C)c1Cc1ccc(CC(=O)OCCCCN2CCN(C)CC2)cc1F. The van der Waals surface area contributed by atoms with E-state index in [0.29, 0.717) is 35.7 Å². The first-order chi connectivity index (χ1) is 18.8. The average Bonchev–Trinajstić information content (AvgIpc) is 2.88. The molecule has 0 saturated carbocycles. The summed E-state index contributed by atoms with van der Waals surface area (Å²) in [5, 5.41) is 12.8. The maximum Gasteiger partial charge on any atom is 0.310 e. The summed E-state index contributed by atoms with van der Waals surface area (Å²) in [6.45, 7) is 9.74. The van der Waals surface area contributed by atoms with Crippen molar-refractivity contribution in [2.45, 2.75) is 64.8 Å². The Labute approximate surface area is 232 Å². The van der Waals surface area contributed by atoms with Crippen LogP contribution >= 0.6 is 0 Å². The fraction of sp³-hybridized carbons (Fsp3) is 0.621. The number of carbonyl (C=O) groups excluding carboxylic acids is 1. The lowest BCUT2D eigenvalue weighted by atomic mass is 10.0. The molecular formula is C29H45FN6O3. The topological polar surface area (TPSA) is 117 Å². The van der Waals surface area contributed by atoms with E-state index in [9.17, 15) is 9.90 Å². The number of nitrogens with one attached hydrogen (secondary N) is 1. The molecule has 1 fully saturated rings. The molecule has 1 aromatic carbocycles. The molecule has 1 atom stereocenters. The van der Waals surface area contributed by atoms with Gasteiger partial charge in [-0.15, -0.1) is 0 Å². The molecule has 9 nitrogen and oxygen atoms in total. The number of ether oxygens (including phenoxy) is 1. The summed E-state index contributed by atoms with van der Waals surface area (Å²) < 4.78 is 20.5. The molecule has 2 aromatic rings. The second-order valence-corrected chi connectivity index (χ2v) is 10.5. The van der Waals surface area contributed by atoms with E-state index in [1.807, 2.05) is 6.92 Å². The highest BCUT2D eigenvalue weighted by Gasteiger charge is 2.18. The molecule has 0 bridgehead atoms. The van der Waals surface area contributed by atoms with Crippen LogP contribution in [0.4, 0.5) is 16.2 Å². The molecule has 0 amide bonds. The minimum Gasteiger partial charge on any atom is -0.465 e. The Morgan fingerprint density at radius 1 is 1.21 bits per heavy atom. The Hall–Kier alpha value is -2.82. The van der Waals surface area contributed by atoms with Gasteiger partial charge in [-0.25, -0.2) is 9.37 Å². The smallest absolute Gasteiger partial charge is 0.310 e. The predicted octanol–water partition coefficient (Wildman–Crippen LogP) is 3.17. The number of aromatic nitrogens is 2. The summed E-state index contributed by atoms with van der Waals surface area (Å²) in [6, 6.07) is 4.89. The summed E-state index contributed by atoms with van der Waals surface area (Å²) in [5.41, 5.74) is 8.38. The molecule has 1 aromatic heterocycles. The van der Waals surface area contributed by atoms with Gasteiger partial charge in [0.05, 0.1) is 13.0 Å².